The Bertz CT molecular complexity index is 492. The van der Waals surface area contributed by atoms with Crippen LogP contribution in [0.2, 0.25) is 10.0 Å². The summed E-state index contributed by atoms with van der Waals surface area (Å²) in [6.07, 6.45) is 2.19. The number of carbonyl (C=O) groups is 1. The molecule has 0 aromatic heterocycles. The van der Waals surface area contributed by atoms with E-state index in [-0.39, 0.29) is 0 Å². The maximum atomic E-state index is 11.6. The molecule has 104 valence electrons. The monoisotopic (exact) mass is 301 g/mol. The summed E-state index contributed by atoms with van der Waals surface area (Å²) in [5.74, 6) is -0.745. The lowest BCUT2D eigenvalue weighted by molar-refractivity contribution is -0.150. The number of carboxylic acid groups (broad SMARTS) is 1. The van der Waals surface area contributed by atoms with E-state index in [2.05, 4.69) is 0 Å². The maximum Gasteiger partial charge on any atom is 0.324 e. The number of likely N-dealkylation sites (tertiary alicyclic amines) is 1. The topological polar surface area (TPSA) is 40.5 Å². The van der Waals surface area contributed by atoms with Gasteiger partial charge in [0.25, 0.3) is 0 Å². The van der Waals surface area contributed by atoms with Crippen LogP contribution in [0.4, 0.5) is 0 Å². The Balaban J connectivity index is 2.27. The van der Waals surface area contributed by atoms with Crippen molar-refractivity contribution in [2.24, 2.45) is 0 Å². The molecule has 1 aliphatic rings. The third kappa shape index (κ3) is 2.73. The minimum absolute atomic E-state index is 0.527. The average Bonchev–Trinajstić information content (AvgIpc) is 2.78. The zero-order chi connectivity index (χ0) is 14.0. The molecular weight excluding hydrogens is 285 g/mol. The van der Waals surface area contributed by atoms with Crippen LogP contribution in [0.5, 0.6) is 0 Å². The van der Waals surface area contributed by atoms with Crippen LogP contribution < -0.4 is 0 Å². The number of rotatable bonds is 4. The minimum Gasteiger partial charge on any atom is -0.480 e. The molecule has 1 saturated heterocycles. The first-order chi connectivity index (χ1) is 8.99. The second-order valence-corrected chi connectivity index (χ2v) is 5.79. The second kappa shape index (κ2) is 5.70. The van der Waals surface area contributed by atoms with Gasteiger partial charge in [-0.1, -0.05) is 30.1 Å². The van der Waals surface area contributed by atoms with Gasteiger partial charge in [0.2, 0.25) is 0 Å². The number of aliphatic carboxylic acids is 1. The average molecular weight is 302 g/mol. The molecular formula is C14H17Cl2NO2. The largest absolute Gasteiger partial charge is 0.480 e. The lowest BCUT2D eigenvalue weighted by Gasteiger charge is -2.34. The molecule has 1 unspecified atom stereocenters. The van der Waals surface area contributed by atoms with Gasteiger partial charge < -0.3 is 5.11 Å². The molecule has 1 fully saturated rings. The van der Waals surface area contributed by atoms with Crippen LogP contribution >= 0.6 is 23.2 Å². The van der Waals surface area contributed by atoms with Crippen molar-refractivity contribution < 1.29 is 9.90 Å². The van der Waals surface area contributed by atoms with Crippen LogP contribution in [0.3, 0.4) is 0 Å². The Kier molecular flexibility index (Phi) is 4.39. The predicted octanol–water partition coefficient (Wildman–Crippen LogP) is 3.82. The second-order valence-electron chi connectivity index (χ2n) is 4.95. The smallest absolute Gasteiger partial charge is 0.324 e. The lowest BCUT2D eigenvalue weighted by Crippen LogP contribution is -2.49. The summed E-state index contributed by atoms with van der Waals surface area (Å²) >= 11 is 12.1. The summed E-state index contributed by atoms with van der Waals surface area (Å²) in [5, 5.41) is 10.8. The fourth-order valence-electron chi connectivity index (χ4n) is 2.83. The highest BCUT2D eigenvalue weighted by Crippen LogP contribution is 2.35. The van der Waals surface area contributed by atoms with E-state index in [1.54, 1.807) is 12.1 Å². The third-order valence-electron chi connectivity index (χ3n) is 3.98. The van der Waals surface area contributed by atoms with Gasteiger partial charge in [-0.05, 0) is 49.6 Å². The molecule has 0 bridgehead atoms. The molecule has 0 radical (unpaired) electrons. The van der Waals surface area contributed by atoms with Crippen LogP contribution in [0.15, 0.2) is 18.2 Å². The summed E-state index contributed by atoms with van der Waals surface area (Å²) in [4.78, 5) is 13.6. The molecule has 1 N–H and O–H groups in total. The molecule has 0 saturated carbocycles. The zero-order valence-electron chi connectivity index (χ0n) is 10.8. The van der Waals surface area contributed by atoms with Gasteiger partial charge in [-0.3, -0.25) is 9.69 Å². The third-order valence-corrected chi connectivity index (χ3v) is 4.58. The van der Waals surface area contributed by atoms with E-state index in [0.29, 0.717) is 29.4 Å². The van der Waals surface area contributed by atoms with E-state index in [0.717, 1.165) is 18.5 Å². The Morgan fingerprint density at radius 2 is 2.21 bits per heavy atom. The van der Waals surface area contributed by atoms with E-state index in [9.17, 15) is 9.90 Å². The van der Waals surface area contributed by atoms with Crippen molar-refractivity contribution in [2.75, 3.05) is 6.54 Å². The Morgan fingerprint density at radius 1 is 1.47 bits per heavy atom. The van der Waals surface area contributed by atoms with Crippen molar-refractivity contribution in [3.63, 3.8) is 0 Å². The van der Waals surface area contributed by atoms with Crippen molar-refractivity contribution in [1.82, 2.24) is 4.90 Å². The van der Waals surface area contributed by atoms with Crippen LogP contribution in [0, 0.1) is 0 Å². The highest BCUT2D eigenvalue weighted by molar-refractivity contribution is 6.33. The molecule has 0 aliphatic carbocycles. The number of nitrogens with zero attached hydrogens (tertiary/aromatic N) is 1. The molecule has 3 nitrogen and oxygen atoms in total. The number of benzene rings is 1. The normalized spacial score (nSPS) is 23.7. The van der Waals surface area contributed by atoms with E-state index in [1.165, 1.54) is 0 Å². The first-order valence-electron chi connectivity index (χ1n) is 6.42. The van der Waals surface area contributed by atoms with E-state index >= 15 is 0 Å². The van der Waals surface area contributed by atoms with Gasteiger partial charge in [0.1, 0.15) is 5.54 Å². The first kappa shape index (κ1) is 14.6. The SMILES string of the molecule is CCC1(C(=O)O)CCCN1Cc1cc(Cl)ccc1Cl. The molecule has 0 spiro atoms. The van der Waals surface area contributed by atoms with Crippen molar-refractivity contribution in [3.8, 4) is 0 Å². The minimum atomic E-state index is -0.758. The molecule has 1 aromatic carbocycles. The quantitative estimate of drug-likeness (QED) is 0.919. The van der Waals surface area contributed by atoms with Crippen molar-refractivity contribution in [2.45, 2.75) is 38.3 Å². The fourth-order valence-corrected chi connectivity index (χ4v) is 3.20. The Morgan fingerprint density at radius 3 is 2.84 bits per heavy atom. The van der Waals surface area contributed by atoms with Gasteiger partial charge >= 0.3 is 5.97 Å². The summed E-state index contributed by atoms with van der Waals surface area (Å²) in [6, 6.07) is 5.30. The van der Waals surface area contributed by atoms with Gasteiger partial charge in [-0.25, -0.2) is 0 Å². The predicted molar refractivity (Wildman–Crippen MR) is 76.8 cm³/mol. The van der Waals surface area contributed by atoms with Crippen LogP contribution in [0.1, 0.15) is 31.7 Å². The van der Waals surface area contributed by atoms with Gasteiger partial charge in [-0.15, -0.1) is 0 Å². The molecule has 1 heterocycles. The molecule has 0 amide bonds. The summed E-state index contributed by atoms with van der Waals surface area (Å²) < 4.78 is 0. The lowest BCUT2D eigenvalue weighted by atomic mass is 9.92. The number of hydrogen-bond donors (Lipinski definition) is 1. The van der Waals surface area contributed by atoms with Crippen LogP contribution in [-0.2, 0) is 11.3 Å². The fraction of sp³-hybridized carbons (Fsp3) is 0.500. The zero-order valence-corrected chi connectivity index (χ0v) is 12.3. The van der Waals surface area contributed by atoms with Crippen molar-refractivity contribution in [3.05, 3.63) is 33.8 Å². The summed E-state index contributed by atoms with van der Waals surface area (Å²) in [7, 11) is 0. The van der Waals surface area contributed by atoms with Gasteiger partial charge in [0.15, 0.2) is 0 Å². The highest BCUT2D eigenvalue weighted by atomic mass is 35.5. The molecule has 1 atom stereocenters. The maximum absolute atomic E-state index is 11.6. The number of halogens is 2. The Hall–Kier alpha value is -0.770. The first-order valence-corrected chi connectivity index (χ1v) is 7.17. The molecule has 1 aromatic rings. The molecule has 2 rings (SSSR count). The van der Waals surface area contributed by atoms with Crippen LogP contribution in [-0.4, -0.2) is 28.1 Å². The van der Waals surface area contributed by atoms with Gasteiger partial charge in [-0.2, -0.15) is 0 Å². The van der Waals surface area contributed by atoms with E-state index in [1.807, 2.05) is 17.9 Å². The van der Waals surface area contributed by atoms with Gasteiger partial charge in [0.05, 0.1) is 0 Å². The number of carboxylic acids is 1. The summed E-state index contributed by atoms with van der Waals surface area (Å²) in [5.41, 5.74) is 0.126. The van der Waals surface area contributed by atoms with E-state index < -0.39 is 11.5 Å². The van der Waals surface area contributed by atoms with Crippen molar-refractivity contribution >= 4 is 29.2 Å². The standard InChI is InChI=1S/C14H17Cl2NO2/c1-2-14(13(18)19)6-3-7-17(14)9-10-8-11(15)4-5-12(10)16/h4-5,8H,2-3,6-7,9H2,1H3,(H,18,19). The Labute approximate surface area is 123 Å². The molecule has 5 heteroatoms. The van der Waals surface area contributed by atoms with Gasteiger partial charge in [0, 0.05) is 16.6 Å². The van der Waals surface area contributed by atoms with E-state index in [4.69, 9.17) is 23.2 Å². The molecule has 1 aliphatic heterocycles. The summed E-state index contributed by atoms with van der Waals surface area (Å²) in [6.45, 7) is 3.23. The molecule has 19 heavy (non-hydrogen) atoms. The van der Waals surface area contributed by atoms with Crippen molar-refractivity contribution in [1.29, 1.82) is 0 Å². The van der Waals surface area contributed by atoms with Crippen LogP contribution in [0.25, 0.3) is 0 Å². The highest BCUT2D eigenvalue weighted by Gasteiger charge is 2.46. The number of hydrogen-bond acceptors (Lipinski definition) is 2.